The third-order valence-corrected chi connectivity index (χ3v) is 9.23. The molecule has 5 unspecified atom stereocenters. The fraction of sp³-hybridized carbons (Fsp3) is 0.870. The molecule has 184 valence electrons. The highest BCUT2D eigenvalue weighted by atomic mass is 35.5. The van der Waals surface area contributed by atoms with E-state index in [1.54, 1.807) is 0 Å². The number of nitrogens with one attached hydrogen (secondary N) is 3. The number of fused-ring (bicyclic) bond motifs is 3. The lowest BCUT2D eigenvalue weighted by molar-refractivity contribution is -0.140. The molecule has 4 aliphatic carbocycles. The van der Waals surface area contributed by atoms with E-state index < -0.39 is 17.2 Å². The maximum absolute atomic E-state index is 12.9. The molecule has 33 heavy (non-hydrogen) atoms. The van der Waals surface area contributed by atoms with Crippen LogP contribution < -0.4 is 16.0 Å². The molecule has 5 rings (SSSR count). The first kappa shape index (κ1) is 25.0. The van der Waals surface area contributed by atoms with Crippen molar-refractivity contribution in [1.29, 1.82) is 5.26 Å². The third-order valence-electron chi connectivity index (χ3n) is 8.10. The van der Waals surface area contributed by atoms with Gasteiger partial charge in [-0.2, -0.15) is 5.26 Å². The largest absolute Gasteiger partial charge is 0.391 e. The van der Waals surface area contributed by atoms with E-state index >= 15 is 0 Å². The average molecular weight is 501 g/mol. The Hall–Kier alpha value is -1.11. The van der Waals surface area contributed by atoms with Gasteiger partial charge < -0.3 is 25.8 Å². The topological polar surface area (TPSA) is 123 Å². The van der Waals surface area contributed by atoms with Gasteiger partial charge in [-0.1, -0.05) is 0 Å². The van der Waals surface area contributed by atoms with Gasteiger partial charge >= 0.3 is 0 Å². The second-order valence-corrected chi connectivity index (χ2v) is 11.5. The lowest BCUT2D eigenvalue weighted by Crippen LogP contribution is -2.71. The highest BCUT2D eigenvalue weighted by molar-refractivity contribution is 6.30. The van der Waals surface area contributed by atoms with Crippen molar-refractivity contribution in [1.82, 2.24) is 16.0 Å². The average Bonchev–Trinajstić information content (AvgIpc) is 2.81. The lowest BCUT2D eigenvalue weighted by Gasteiger charge is -2.56. The zero-order valence-electron chi connectivity index (χ0n) is 18.8. The van der Waals surface area contributed by atoms with Crippen LogP contribution in [-0.2, 0) is 14.3 Å². The number of hydrogen-bond acceptors (Lipinski definition) is 6. The van der Waals surface area contributed by atoms with Gasteiger partial charge in [-0.15, -0.1) is 23.2 Å². The molecular formula is C23H34Cl2N4O4. The summed E-state index contributed by atoms with van der Waals surface area (Å²) in [6.45, 7) is 0.590. The van der Waals surface area contributed by atoms with Crippen molar-refractivity contribution in [3.05, 3.63) is 0 Å². The summed E-state index contributed by atoms with van der Waals surface area (Å²) in [5.41, 5.74) is -1.14. The molecule has 0 radical (unpaired) electrons. The number of nitrogens with zero attached hydrogens (tertiary/aromatic N) is 1. The molecule has 0 aromatic rings. The predicted molar refractivity (Wildman–Crippen MR) is 124 cm³/mol. The summed E-state index contributed by atoms with van der Waals surface area (Å²) in [6, 6.07) is 1.89. The molecule has 1 aliphatic heterocycles. The lowest BCUT2D eigenvalue weighted by atomic mass is 9.59. The number of ether oxygens (including phenoxy) is 1. The highest BCUT2D eigenvalue weighted by Crippen LogP contribution is 2.47. The van der Waals surface area contributed by atoms with E-state index in [9.17, 15) is 20.0 Å². The van der Waals surface area contributed by atoms with Crippen LogP contribution >= 0.6 is 23.2 Å². The van der Waals surface area contributed by atoms with Gasteiger partial charge in [0.1, 0.15) is 6.61 Å². The number of aliphatic hydroxyl groups excluding tert-OH is 1. The molecule has 0 spiro atoms. The second-order valence-electron chi connectivity index (χ2n) is 10.3. The van der Waals surface area contributed by atoms with E-state index in [0.717, 1.165) is 19.3 Å². The van der Waals surface area contributed by atoms with Crippen LogP contribution in [0.1, 0.15) is 64.2 Å². The number of halogens is 2. The van der Waals surface area contributed by atoms with Crippen molar-refractivity contribution in [3.63, 3.8) is 0 Å². The molecule has 8 nitrogen and oxygen atoms in total. The SMILES string of the molecule is N#CC1CCNC(C(=O)NC23CCC(NC(=O)COC4CCC(Cl)C(Cl)C4)(CC2)[C@@H](O)C3)C1. The highest BCUT2D eigenvalue weighted by Gasteiger charge is 2.55. The Labute approximate surface area is 205 Å². The molecule has 4 saturated carbocycles. The van der Waals surface area contributed by atoms with E-state index in [-0.39, 0.29) is 47.2 Å². The number of piperidine rings is 1. The van der Waals surface area contributed by atoms with Gasteiger partial charge in [0.05, 0.1) is 40.6 Å². The summed E-state index contributed by atoms with van der Waals surface area (Å²) < 4.78 is 5.78. The van der Waals surface area contributed by atoms with Crippen LogP contribution in [0.15, 0.2) is 0 Å². The van der Waals surface area contributed by atoms with Crippen LogP contribution in [0.25, 0.3) is 0 Å². The summed E-state index contributed by atoms with van der Waals surface area (Å²) in [5.74, 6) is -0.438. The standard InChI is InChI=1S/C23H34Cl2N4O4/c24-16-2-1-15(10-17(16)25)33-13-20(31)28-23-6-4-22(5-7-23,11-19(23)30)29-21(32)18-9-14(12-26)3-8-27-18/h14-19,27,30H,1-11,13H2,(H,28,31)(H,29,32)/t14?,15?,16?,17?,18?,19-,22?,23?/m0/s1. The maximum Gasteiger partial charge on any atom is 0.246 e. The number of amides is 2. The number of carbonyl (C=O) groups excluding carboxylic acids is 2. The normalized spacial score (nSPS) is 42.8. The summed E-state index contributed by atoms with van der Waals surface area (Å²) in [5, 5.41) is 29.4. The number of rotatable bonds is 6. The van der Waals surface area contributed by atoms with Gasteiger partial charge in [0, 0.05) is 11.5 Å². The van der Waals surface area contributed by atoms with Crippen LogP contribution in [0.2, 0.25) is 0 Å². The third kappa shape index (κ3) is 5.59. The molecule has 6 atom stereocenters. The number of carbonyl (C=O) groups is 2. The summed E-state index contributed by atoms with van der Waals surface area (Å²) in [6.07, 6.45) is 5.62. The van der Waals surface area contributed by atoms with E-state index in [4.69, 9.17) is 27.9 Å². The fourth-order valence-corrected chi connectivity index (χ4v) is 6.50. The Balaban J connectivity index is 1.27. The first-order valence-electron chi connectivity index (χ1n) is 12.1. The first-order chi connectivity index (χ1) is 15.7. The van der Waals surface area contributed by atoms with Crippen LogP contribution in [-0.4, -0.2) is 70.2 Å². The van der Waals surface area contributed by atoms with E-state index in [2.05, 4.69) is 22.0 Å². The molecule has 2 bridgehead atoms. The van der Waals surface area contributed by atoms with Gasteiger partial charge in [-0.05, 0) is 70.8 Å². The molecule has 2 amide bonds. The fourth-order valence-electron chi connectivity index (χ4n) is 5.95. The number of alkyl halides is 2. The van der Waals surface area contributed by atoms with Crippen molar-refractivity contribution >= 4 is 35.0 Å². The number of hydrogen-bond donors (Lipinski definition) is 4. The molecule has 5 aliphatic rings. The zero-order chi connectivity index (χ0) is 23.6. The Morgan fingerprint density at radius 2 is 1.85 bits per heavy atom. The van der Waals surface area contributed by atoms with E-state index in [1.165, 1.54) is 0 Å². The molecule has 0 aromatic carbocycles. The first-order valence-corrected chi connectivity index (χ1v) is 13.0. The molecule has 1 heterocycles. The number of aliphatic hydroxyl groups is 1. The predicted octanol–water partition coefficient (Wildman–Crippen LogP) is 1.71. The molecular weight excluding hydrogens is 467 g/mol. The van der Waals surface area contributed by atoms with Crippen molar-refractivity contribution in [3.8, 4) is 6.07 Å². The van der Waals surface area contributed by atoms with Crippen molar-refractivity contribution in [2.24, 2.45) is 5.92 Å². The van der Waals surface area contributed by atoms with Crippen molar-refractivity contribution in [2.45, 2.75) is 104 Å². The molecule has 1 saturated heterocycles. The quantitative estimate of drug-likeness (QED) is 0.411. The molecule has 10 heteroatoms. The Bertz CT molecular complexity index is 783. The van der Waals surface area contributed by atoms with Crippen molar-refractivity contribution in [2.75, 3.05) is 13.2 Å². The van der Waals surface area contributed by atoms with Crippen LogP contribution in [0, 0.1) is 17.2 Å². The van der Waals surface area contributed by atoms with Gasteiger partial charge in [0.15, 0.2) is 0 Å². The maximum atomic E-state index is 12.9. The van der Waals surface area contributed by atoms with Gasteiger partial charge in [0.25, 0.3) is 0 Å². The smallest absolute Gasteiger partial charge is 0.246 e. The van der Waals surface area contributed by atoms with Crippen LogP contribution in [0.4, 0.5) is 0 Å². The molecule has 0 aromatic heterocycles. The summed E-state index contributed by atoms with van der Waals surface area (Å²) >= 11 is 12.4. The van der Waals surface area contributed by atoms with Crippen LogP contribution in [0.5, 0.6) is 0 Å². The van der Waals surface area contributed by atoms with E-state index in [0.29, 0.717) is 51.5 Å². The summed E-state index contributed by atoms with van der Waals surface area (Å²) in [7, 11) is 0. The Morgan fingerprint density at radius 3 is 2.52 bits per heavy atom. The molecule has 4 N–H and O–H groups in total. The van der Waals surface area contributed by atoms with Gasteiger partial charge in [-0.3, -0.25) is 9.59 Å². The summed E-state index contributed by atoms with van der Waals surface area (Å²) in [4.78, 5) is 25.5. The van der Waals surface area contributed by atoms with Gasteiger partial charge in [-0.25, -0.2) is 0 Å². The monoisotopic (exact) mass is 500 g/mol. The Morgan fingerprint density at radius 1 is 1.09 bits per heavy atom. The minimum Gasteiger partial charge on any atom is -0.391 e. The van der Waals surface area contributed by atoms with Crippen LogP contribution in [0.3, 0.4) is 0 Å². The van der Waals surface area contributed by atoms with Gasteiger partial charge in [0.2, 0.25) is 11.8 Å². The van der Waals surface area contributed by atoms with E-state index in [1.807, 2.05) is 0 Å². The minimum atomic E-state index is -0.741. The zero-order valence-corrected chi connectivity index (χ0v) is 20.3. The van der Waals surface area contributed by atoms with Crippen molar-refractivity contribution < 1.29 is 19.4 Å². The molecule has 5 fully saturated rings. The number of nitriles is 1. The Kier molecular flexibility index (Phi) is 7.76. The minimum absolute atomic E-state index is 0.0544. The second kappa shape index (κ2) is 10.2.